The van der Waals surface area contributed by atoms with Crippen LogP contribution >= 0.6 is 0 Å². The zero-order valence-electron chi connectivity index (χ0n) is 8.20. The summed E-state index contributed by atoms with van der Waals surface area (Å²) in [5.74, 6) is 0. The molecule has 2 rings (SSSR count). The Labute approximate surface area is 82.2 Å². The lowest BCUT2D eigenvalue weighted by Crippen LogP contribution is -1.99. The summed E-state index contributed by atoms with van der Waals surface area (Å²) in [4.78, 5) is 8.49. The number of aromatic nitrogens is 2. The molecule has 0 bridgehead atoms. The average molecular weight is 188 g/mol. The first-order chi connectivity index (χ1) is 6.72. The molecule has 2 aromatic rings. The molecule has 2 heterocycles. The van der Waals surface area contributed by atoms with Gasteiger partial charge in [-0.3, -0.25) is 0 Å². The van der Waals surface area contributed by atoms with Crippen molar-refractivity contribution < 1.29 is 0 Å². The predicted octanol–water partition coefficient (Wildman–Crippen LogP) is 1.56. The van der Waals surface area contributed by atoms with E-state index in [1.807, 2.05) is 26.1 Å². The van der Waals surface area contributed by atoms with Gasteiger partial charge in [0.15, 0.2) is 5.65 Å². The normalized spacial score (nSPS) is 10.4. The minimum Gasteiger partial charge on any atom is -0.396 e. The van der Waals surface area contributed by atoms with Gasteiger partial charge >= 0.3 is 0 Å². The van der Waals surface area contributed by atoms with Crippen LogP contribution in [0.2, 0.25) is 0 Å². The molecule has 0 fully saturated rings. The van der Waals surface area contributed by atoms with Crippen molar-refractivity contribution in [2.24, 2.45) is 0 Å². The second-order valence-corrected chi connectivity index (χ2v) is 3.16. The summed E-state index contributed by atoms with van der Waals surface area (Å²) < 4.78 is 0. The van der Waals surface area contributed by atoms with E-state index in [1.165, 1.54) is 0 Å². The van der Waals surface area contributed by atoms with Crippen molar-refractivity contribution >= 4 is 22.4 Å². The number of nitrogens with zero attached hydrogens (tertiary/aromatic N) is 2. The number of hydrogen-bond donors (Lipinski definition) is 2. The Morgan fingerprint density at radius 1 is 1.36 bits per heavy atom. The first-order valence-corrected chi connectivity index (χ1v) is 4.42. The van der Waals surface area contributed by atoms with E-state index >= 15 is 0 Å². The molecule has 0 aliphatic carbocycles. The predicted molar refractivity (Wildman–Crippen MR) is 58.2 cm³/mol. The molecule has 0 radical (unpaired) electrons. The third-order valence-electron chi connectivity index (χ3n) is 2.15. The van der Waals surface area contributed by atoms with E-state index in [0.29, 0.717) is 5.69 Å². The van der Waals surface area contributed by atoms with E-state index < -0.39 is 0 Å². The summed E-state index contributed by atoms with van der Waals surface area (Å²) in [5, 5.41) is 4.01. The van der Waals surface area contributed by atoms with Crippen LogP contribution in [0.3, 0.4) is 0 Å². The van der Waals surface area contributed by atoms with Crippen LogP contribution in [0, 0.1) is 6.92 Å². The molecule has 0 amide bonds. The highest BCUT2D eigenvalue weighted by molar-refractivity contribution is 5.94. The summed E-state index contributed by atoms with van der Waals surface area (Å²) in [5.41, 5.74) is 9.00. The van der Waals surface area contributed by atoms with Crippen LogP contribution in [0.5, 0.6) is 0 Å². The number of rotatable bonds is 1. The van der Waals surface area contributed by atoms with E-state index in [4.69, 9.17) is 5.73 Å². The van der Waals surface area contributed by atoms with Crippen LogP contribution in [0.25, 0.3) is 11.0 Å². The molecular weight excluding hydrogens is 176 g/mol. The third-order valence-corrected chi connectivity index (χ3v) is 2.15. The Morgan fingerprint density at radius 3 is 2.86 bits per heavy atom. The molecule has 0 aliphatic rings. The minimum atomic E-state index is 0.644. The largest absolute Gasteiger partial charge is 0.396 e. The SMILES string of the molecule is CNc1c(N)cnc2nc(C)ccc12. The fourth-order valence-corrected chi connectivity index (χ4v) is 1.47. The van der Waals surface area contributed by atoms with Crippen LogP contribution in [0.1, 0.15) is 5.69 Å². The van der Waals surface area contributed by atoms with Crippen molar-refractivity contribution in [3.05, 3.63) is 24.0 Å². The average Bonchev–Trinajstić information content (AvgIpc) is 2.18. The maximum absolute atomic E-state index is 5.78. The van der Waals surface area contributed by atoms with Crippen molar-refractivity contribution in [1.82, 2.24) is 9.97 Å². The molecule has 3 N–H and O–H groups in total. The monoisotopic (exact) mass is 188 g/mol. The topological polar surface area (TPSA) is 63.8 Å². The number of nitrogens with one attached hydrogen (secondary N) is 1. The van der Waals surface area contributed by atoms with Gasteiger partial charge in [0, 0.05) is 18.1 Å². The number of nitrogens with two attached hydrogens (primary N) is 1. The Hall–Kier alpha value is -1.84. The zero-order chi connectivity index (χ0) is 10.1. The fraction of sp³-hybridized carbons (Fsp3) is 0.200. The molecule has 0 saturated heterocycles. The van der Waals surface area contributed by atoms with Crippen LogP contribution in [-0.2, 0) is 0 Å². The Bertz CT molecular complexity index is 479. The first-order valence-electron chi connectivity index (χ1n) is 4.42. The number of fused-ring (bicyclic) bond motifs is 1. The summed E-state index contributed by atoms with van der Waals surface area (Å²) in [7, 11) is 1.84. The molecule has 2 aromatic heterocycles. The van der Waals surface area contributed by atoms with Gasteiger partial charge in [-0.1, -0.05) is 0 Å². The van der Waals surface area contributed by atoms with Crippen LogP contribution < -0.4 is 11.1 Å². The highest BCUT2D eigenvalue weighted by Gasteiger charge is 2.05. The number of nitrogen functional groups attached to an aromatic ring is 1. The Balaban J connectivity index is 2.82. The summed E-state index contributed by atoms with van der Waals surface area (Å²) in [6.07, 6.45) is 1.63. The van der Waals surface area contributed by atoms with Gasteiger partial charge in [-0.05, 0) is 19.1 Å². The van der Waals surface area contributed by atoms with Crippen molar-refractivity contribution in [3.63, 3.8) is 0 Å². The number of anilines is 2. The number of aryl methyl sites for hydroxylation is 1. The van der Waals surface area contributed by atoms with Gasteiger partial charge in [-0.2, -0.15) is 0 Å². The lowest BCUT2D eigenvalue weighted by Gasteiger charge is -2.07. The van der Waals surface area contributed by atoms with Gasteiger partial charge in [0.05, 0.1) is 17.6 Å². The molecule has 4 heteroatoms. The van der Waals surface area contributed by atoms with E-state index in [-0.39, 0.29) is 0 Å². The van der Waals surface area contributed by atoms with Crippen LogP contribution in [0.15, 0.2) is 18.3 Å². The summed E-state index contributed by atoms with van der Waals surface area (Å²) in [6.45, 7) is 1.94. The highest BCUT2D eigenvalue weighted by Crippen LogP contribution is 2.25. The molecule has 0 saturated carbocycles. The van der Waals surface area contributed by atoms with Crippen LogP contribution in [-0.4, -0.2) is 17.0 Å². The van der Waals surface area contributed by atoms with E-state index in [9.17, 15) is 0 Å². The van der Waals surface area contributed by atoms with Crippen LogP contribution in [0.4, 0.5) is 11.4 Å². The minimum absolute atomic E-state index is 0.644. The number of hydrogen-bond acceptors (Lipinski definition) is 4. The van der Waals surface area contributed by atoms with E-state index in [1.54, 1.807) is 6.20 Å². The molecule has 0 aliphatic heterocycles. The lowest BCUT2D eigenvalue weighted by molar-refractivity contribution is 1.20. The Morgan fingerprint density at radius 2 is 2.14 bits per heavy atom. The van der Waals surface area contributed by atoms with Gasteiger partial charge < -0.3 is 11.1 Å². The highest BCUT2D eigenvalue weighted by atomic mass is 14.9. The maximum atomic E-state index is 5.78. The van der Waals surface area contributed by atoms with Gasteiger partial charge in [0.1, 0.15) is 0 Å². The van der Waals surface area contributed by atoms with Crippen molar-refractivity contribution in [2.75, 3.05) is 18.1 Å². The molecule has 0 aromatic carbocycles. The fourth-order valence-electron chi connectivity index (χ4n) is 1.47. The molecule has 0 atom stereocenters. The van der Waals surface area contributed by atoms with Gasteiger partial charge in [-0.25, -0.2) is 9.97 Å². The summed E-state index contributed by atoms with van der Waals surface area (Å²) >= 11 is 0. The molecule has 14 heavy (non-hydrogen) atoms. The maximum Gasteiger partial charge on any atom is 0.161 e. The molecule has 72 valence electrons. The van der Waals surface area contributed by atoms with E-state index in [0.717, 1.165) is 22.4 Å². The van der Waals surface area contributed by atoms with E-state index in [2.05, 4.69) is 15.3 Å². The summed E-state index contributed by atoms with van der Waals surface area (Å²) in [6, 6.07) is 3.93. The molecule has 0 unspecified atom stereocenters. The quantitative estimate of drug-likeness (QED) is 0.712. The Kier molecular flexibility index (Phi) is 1.96. The van der Waals surface area contributed by atoms with Gasteiger partial charge in [0.2, 0.25) is 0 Å². The lowest BCUT2D eigenvalue weighted by atomic mass is 10.2. The molecule has 0 spiro atoms. The van der Waals surface area contributed by atoms with Gasteiger partial charge in [-0.15, -0.1) is 0 Å². The second kappa shape index (κ2) is 3.14. The molecular formula is C10H12N4. The zero-order valence-corrected chi connectivity index (χ0v) is 8.20. The van der Waals surface area contributed by atoms with Crippen molar-refractivity contribution in [3.8, 4) is 0 Å². The first kappa shape index (κ1) is 8.74. The smallest absolute Gasteiger partial charge is 0.161 e. The van der Waals surface area contributed by atoms with Gasteiger partial charge in [0.25, 0.3) is 0 Å². The van der Waals surface area contributed by atoms with Crippen molar-refractivity contribution in [1.29, 1.82) is 0 Å². The number of pyridine rings is 2. The molecule has 4 nitrogen and oxygen atoms in total. The second-order valence-electron chi connectivity index (χ2n) is 3.16. The third kappa shape index (κ3) is 1.25. The standard InChI is InChI=1S/C10H12N4/c1-6-3-4-7-9(12-2)8(11)5-13-10(7)14-6/h3-5H,11H2,1-2H3,(H,12,13,14). The van der Waals surface area contributed by atoms with Crippen molar-refractivity contribution in [2.45, 2.75) is 6.92 Å².